The first-order valence-corrected chi connectivity index (χ1v) is 9.25. The van der Waals surface area contributed by atoms with Crippen LogP contribution in [0.5, 0.6) is 0 Å². The van der Waals surface area contributed by atoms with Crippen LogP contribution in [0.15, 0.2) is 18.3 Å². The van der Waals surface area contributed by atoms with Gasteiger partial charge in [-0.3, -0.25) is 9.59 Å². The molecule has 148 valence electrons. The van der Waals surface area contributed by atoms with Gasteiger partial charge in [-0.1, -0.05) is 24.4 Å². The summed E-state index contributed by atoms with van der Waals surface area (Å²) in [6.07, 6.45) is 4.02. The Morgan fingerprint density at radius 1 is 1.07 bits per heavy atom. The lowest BCUT2D eigenvalue weighted by atomic mass is 9.90. The molecule has 0 spiro atoms. The SMILES string of the molecule is CC(C)(C)OC(=O)N[C@@H]1CCCC[C@@H]1NC(=O)C(=O)Nc1ccc(Cl)cn1. The first kappa shape index (κ1) is 21.0. The molecule has 27 heavy (non-hydrogen) atoms. The van der Waals surface area contributed by atoms with E-state index in [9.17, 15) is 14.4 Å². The first-order chi connectivity index (χ1) is 12.6. The van der Waals surface area contributed by atoms with E-state index in [0.29, 0.717) is 17.9 Å². The maximum absolute atomic E-state index is 12.2. The van der Waals surface area contributed by atoms with Gasteiger partial charge in [-0.05, 0) is 45.7 Å². The van der Waals surface area contributed by atoms with Crippen LogP contribution in [0.4, 0.5) is 10.6 Å². The van der Waals surface area contributed by atoms with Gasteiger partial charge in [0, 0.05) is 12.2 Å². The number of carbonyl (C=O) groups is 3. The lowest BCUT2D eigenvalue weighted by Crippen LogP contribution is -2.55. The average Bonchev–Trinajstić information content (AvgIpc) is 2.57. The Hall–Kier alpha value is -2.35. The lowest BCUT2D eigenvalue weighted by molar-refractivity contribution is -0.136. The molecule has 3 amide bonds. The molecule has 0 aliphatic heterocycles. The van der Waals surface area contributed by atoms with Crippen molar-refractivity contribution >= 4 is 35.3 Å². The zero-order valence-electron chi connectivity index (χ0n) is 15.7. The van der Waals surface area contributed by atoms with E-state index < -0.39 is 23.5 Å². The number of halogens is 1. The summed E-state index contributed by atoms with van der Waals surface area (Å²) in [4.78, 5) is 40.2. The minimum Gasteiger partial charge on any atom is -0.444 e. The van der Waals surface area contributed by atoms with Crippen molar-refractivity contribution in [2.45, 2.75) is 64.1 Å². The third kappa shape index (κ3) is 7.05. The molecule has 0 unspecified atom stereocenters. The van der Waals surface area contributed by atoms with E-state index in [2.05, 4.69) is 20.9 Å². The van der Waals surface area contributed by atoms with Gasteiger partial charge < -0.3 is 20.7 Å². The summed E-state index contributed by atoms with van der Waals surface area (Å²) in [6, 6.07) is 2.42. The fourth-order valence-corrected chi connectivity index (χ4v) is 2.90. The Morgan fingerprint density at radius 2 is 1.70 bits per heavy atom. The molecule has 3 N–H and O–H groups in total. The van der Waals surface area contributed by atoms with Crippen LogP contribution in [0.3, 0.4) is 0 Å². The van der Waals surface area contributed by atoms with Crippen molar-refractivity contribution in [3.8, 4) is 0 Å². The summed E-state index contributed by atoms with van der Waals surface area (Å²) in [7, 11) is 0. The Bertz CT molecular complexity index is 688. The number of ether oxygens (including phenoxy) is 1. The van der Waals surface area contributed by atoms with E-state index in [1.54, 1.807) is 26.8 Å². The van der Waals surface area contributed by atoms with Crippen molar-refractivity contribution in [2.24, 2.45) is 0 Å². The Kier molecular flexibility index (Phi) is 7.01. The number of nitrogens with zero attached hydrogens (tertiary/aromatic N) is 1. The molecule has 1 aliphatic carbocycles. The Morgan fingerprint density at radius 3 is 2.26 bits per heavy atom. The normalized spacial score (nSPS) is 19.7. The highest BCUT2D eigenvalue weighted by molar-refractivity contribution is 6.39. The van der Waals surface area contributed by atoms with E-state index in [0.717, 1.165) is 12.8 Å². The van der Waals surface area contributed by atoms with Gasteiger partial charge in [0.1, 0.15) is 11.4 Å². The number of hydrogen-bond acceptors (Lipinski definition) is 5. The molecule has 9 heteroatoms. The van der Waals surface area contributed by atoms with Crippen molar-refractivity contribution in [3.63, 3.8) is 0 Å². The Balaban J connectivity index is 1.91. The smallest absolute Gasteiger partial charge is 0.407 e. The van der Waals surface area contributed by atoms with Crippen LogP contribution in [0.1, 0.15) is 46.5 Å². The molecule has 8 nitrogen and oxygen atoms in total. The quantitative estimate of drug-likeness (QED) is 0.680. The number of hydrogen-bond donors (Lipinski definition) is 3. The second-order valence-electron chi connectivity index (χ2n) is 7.43. The summed E-state index contributed by atoms with van der Waals surface area (Å²) >= 11 is 5.74. The van der Waals surface area contributed by atoms with Crippen molar-refractivity contribution in [3.05, 3.63) is 23.4 Å². The predicted molar refractivity (Wildman–Crippen MR) is 101 cm³/mol. The zero-order chi connectivity index (χ0) is 20.0. The molecule has 1 aliphatic rings. The highest BCUT2D eigenvalue weighted by Gasteiger charge is 2.31. The molecule has 2 rings (SSSR count). The standard InChI is InChI=1S/C18H25ClN4O4/c1-18(2,3)27-17(26)22-13-7-5-4-6-12(13)21-15(24)16(25)23-14-9-8-11(19)10-20-14/h8-10,12-13H,4-7H2,1-3H3,(H,21,24)(H,22,26)(H,20,23,25)/t12-,13+/m0/s1. The molecule has 0 saturated heterocycles. The van der Waals surface area contributed by atoms with Gasteiger partial charge in [0.15, 0.2) is 0 Å². The molecule has 1 saturated carbocycles. The van der Waals surface area contributed by atoms with E-state index in [-0.39, 0.29) is 17.9 Å². The van der Waals surface area contributed by atoms with E-state index in [1.165, 1.54) is 12.3 Å². The molecule has 1 heterocycles. The van der Waals surface area contributed by atoms with Gasteiger partial charge in [-0.15, -0.1) is 0 Å². The zero-order valence-corrected chi connectivity index (χ0v) is 16.4. The summed E-state index contributed by atoms with van der Waals surface area (Å²) in [5.41, 5.74) is -0.608. The molecule has 2 atom stereocenters. The average molecular weight is 397 g/mol. The minimum atomic E-state index is -0.827. The van der Waals surface area contributed by atoms with E-state index >= 15 is 0 Å². The maximum atomic E-state index is 12.2. The van der Waals surface area contributed by atoms with Crippen LogP contribution in [-0.4, -0.2) is 40.6 Å². The van der Waals surface area contributed by atoms with Crippen LogP contribution in [0.2, 0.25) is 5.02 Å². The van der Waals surface area contributed by atoms with Crippen molar-refractivity contribution in [2.75, 3.05) is 5.32 Å². The second-order valence-corrected chi connectivity index (χ2v) is 7.87. The van der Waals surface area contributed by atoms with Gasteiger partial charge in [-0.2, -0.15) is 0 Å². The van der Waals surface area contributed by atoms with Gasteiger partial charge >= 0.3 is 17.9 Å². The van der Waals surface area contributed by atoms with Crippen molar-refractivity contribution < 1.29 is 19.1 Å². The lowest BCUT2D eigenvalue weighted by Gasteiger charge is -2.33. The Labute approximate surface area is 163 Å². The molecule has 0 aromatic carbocycles. The number of rotatable bonds is 3. The van der Waals surface area contributed by atoms with Crippen molar-refractivity contribution in [1.82, 2.24) is 15.6 Å². The van der Waals surface area contributed by atoms with Gasteiger partial charge in [0.2, 0.25) is 0 Å². The number of aromatic nitrogens is 1. The van der Waals surface area contributed by atoms with Gasteiger partial charge in [-0.25, -0.2) is 9.78 Å². The second kappa shape index (κ2) is 9.03. The number of amides is 3. The first-order valence-electron chi connectivity index (χ1n) is 8.87. The highest BCUT2D eigenvalue weighted by atomic mass is 35.5. The number of pyridine rings is 1. The van der Waals surface area contributed by atoms with E-state index in [1.807, 2.05) is 0 Å². The van der Waals surface area contributed by atoms with Gasteiger partial charge in [0.05, 0.1) is 11.1 Å². The highest BCUT2D eigenvalue weighted by Crippen LogP contribution is 2.19. The monoisotopic (exact) mass is 396 g/mol. The molecule has 1 aromatic rings. The molecular formula is C18H25ClN4O4. The van der Waals surface area contributed by atoms with Crippen LogP contribution in [0.25, 0.3) is 0 Å². The fourth-order valence-electron chi connectivity index (χ4n) is 2.79. The number of nitrogens with one attached hydrogen (secondary N) is 3. The number of anilines is 1. The molecular weight excluding hydrogens is 372 g/mol. The minimum absolute atomic E-state index is 0.228. The third-order valence-corrected chi connectivity index (χ3v) is 4.18. The largest absolute Gasteiger partial charge is 0.444 e. The summed E-state index contributed by atoms with van der Waals surface area (Å²) in [5, 5.41) is 8.32. The summed E-state index contributed by atoms with van der Waals surface area (Å²) < 4.78 is 5.27. The molecule has 1 fully saturated rings. The predicted octanol–water partition coefficient (Wildman–Crippen LogP) is 2.63. The fraction of sp³-hybridized carbons (Fsp3) is 0.556. The van der Waals surface area contributed by atoms with E-state index in [4.69, 9.17) is 16.3 Å². The van der Waals surface area contributed by atoms with Crippen LogP contribution < -0.4 is 16.0 Å². The maximum Gasteiger partial charge on any atom is 0.407 e. The number of alkyl carbamates (subject to hydrolysis) is 1. The molecule has 0 radical (unpaired) electrons. The summed E-state index contributed by atoms with van der Waals surface area (Å²) in [5.74, 6) is -1.38. The van der Waals surface area contributed by atoms with Crippen LogP contribution >= 0.6 is 11.6 Å². The molecule has 1 aromatic heterocycles. The third-order valence-electron chi connectivity index (χ3n) is 3.96. The van der Waals surface area contributed by atoms with Crippen LogP contribution in [0, 0.1) is 0 Å². The van der Waals surface area contributed by atoms with Gasteiger partial charge in [0.25, 0.3) is 0 Å². The van der Waals surface area contributed by atoms with Crippen LogP contribution in [-0.2, 0) is 14.3 Å². The number of carbonyl (C=O) groups excluding carboxylic acids is 3. The van der Waals surface area contributed by atoms with Crippen molar-refractivity contribution in [1.29, 1.82) is 0 Å². The topological polar surface area (TPSA) is 109 Å². The molecule has 0 bridgehead atoms. The summed E-state index contributed by atoms with van der Waals surface area (Å²) in [6.45, 7) is 5.34.